The molecule has 3 aromatic rings. The first-order valence-electron chi connectivity index (χ1n) is 9.81. The molecule has 0 saturated carbocycles. The number of carbonyl (C=O) groups excluding carboxylic acids is 1. The van der Waals surface area contributed by atoms with Crippen molar-refractivity contribution in [2.45, 2.75) is 26.9 Å². The number of rotatable bonds is 7. The zero-order valence-corrected chi connectivity index (χ0v) is 17.3. The van der Waals surface area contributed by atoms with Crippen LogP contribution >= 0.6 is 0 Å². The van der Waals surface area contributed by atoms with Gasteiger partial charge in [-0.1, -0.05) is 25.1 Å². The molecule has 2 aromatic carbocycles. The molecule has 0 spiro atoms. The van der Waals surface area contributed by atoms with Crippen LogP contribution in [0.1, 0.15) is 25.1 Å². The number of hydrogen-bond acceptors (Lipinski definition) is 6. The predicted octanol–water partition coefficient (Wildman–Crippen LogP) is 4.26. The lowest BCUT2D eigenvalue weighted by Crippen LogP contribution is -2.33. The Labute approximate surface area is 175 Å². The smallest absolute Gasteiger partial charge is 0.231 e. The van der Waals surface area contributed by atoms with Crippen molar-refractivity contribution in [2.75, 3.05) is 13.9 Å². The molecule has 1 amide bonds. The van der Waals surface area contributed by atoms with Gasteiger partial charge in [-0.15, -0.1) is 0 Å². The summed E-state index contributed by atoms with van der Waals surface area (Å²) in [6.45, 7) is 4.80. The summed E-state index contributed by atoms with van der Waals surface area (Å²) in [5.41, 5.74) is 2.55. The van der Waals surface area contributed by atoms with E-state index in [0.717, 1.165) is 22.6 Å². The first-order chi connectivity index (χ1) is 14.5. The van der Waals surface area contributed by atoms with E-state index in [4.69, 9.17) is 18.7 Å². The van der Waals surface area contributed by atoms with E-state index in [9.17, 15) is 4.79 Å². The Kier molecular flexibility index (Phi) is 5.61. The first-order valence-corrected chi connectivity index (χ1v) is 9.81. The van der Waals surface area contributed by atoms with Gasteiger partial charge in [0.05, 0.1) is 13.7 Å². The van der Waals surface area contributed by atoms with Crippen molar-refractivity contribution in [2.24, 2.45) is 5.92 Å². The molecule has 1 aliphatic rings. The van der Waals surface area contributed by atoms with Gasteiger partial charge in [0.25, 0.3) is 0 Å². The van der Waals surface area contributed by atoms with Crippen LogP contribution in [0.2, 0.25) is 0 Å². The maximum absolute atomic E-state index is 12.8. The molecule has 7 heteroatoms. The molecule has 4 rings (SSSR count). The van der Waals surface area contributed by atoms with E-state index in [-0.39, 0.29) is 18.6 Å². The summed E-state index contributed by atoms with van der Waals surface area (Å²) < 4.78 is 21.5. The maximum Gasteiger partial charge on any atom is 0.231 e. The number of carbonyl (C=O) groups is 1. The number of amides is 1. The summed E-state index contributed by atoms with van der Waals surface area (Å²) in [6.07, 6.45) is 0. The fraction of sp³-hybridized carbons (Fsp3) is 0.304. The van der Waals surface area contributed by atoms with Crippen molar-refractivity contribution in [3.63, 3.8) is 0 Å². The SMILES string of the molecule is COc1ccc(-c2cc(CN(Cc3ccc4c(c3)OCO4)C(=O)C(C)C)no2)cc1. The molecule has 156 valence electrons. The molecule has 0 aliphatic carbocycles. The van der Waals surface area contributed by atoms with E-state index in [1.54, 1.807) is 12.0 Å². The van der Waals surface area contributed by atoms with Crippen LogP contribution in [0.5, 0.6) is 17.2 Å². The highest BCUT2D eigenvalue weighted by Gasteiger charge is 2.21. The number of nitrogens with zero attached hydrogens (tertiary/aromatic N) is 2. The second kappa shape index (κ2) is 8.49. The Morgan fingerprint density at radius 2 is 1.83 bits per heavy atom. The van der Waals surface area contributed by atoms with E-state index in [1.807, 2.05) is 62.4 Å². The Morgan fingerprint density at radius 3 is 2.57 bits per heavy atom. The zero-order valence-electron chi connectivity index (χ0n) is 17.3. The number of fused-ring (bicyclic) bond motifs is 1. The average Bonchev–Trinajstić information content (AvgIpc) is 3.42. The van der Waals surface area contributed by atoms with Crippen LogP contribution in [0.3, 0.4) is 0 Å². The summed E-state index contributed by atoms with van der Waals surface area (Å²) in [7, 11) is 1.63. The van der Waals surface area contributed by atoms with Gasteiger partial charge in [0, 0.05) is 24.1 Å². The molecule has 0 fully saturated rings. The molecule has 0 atom stereocenters. The second-order valence-electron chi connectivity index (χ2n) is 7.45. The van der Waals surface area contributed by atoms with Crippen molar-refractivity contribution >= 4 is 5.91 Å². The van der Waals surface area contributed by atoms with Crippen LogP contribution in [0.25, 0.3) is 11.3 Å². The highest BCUT2D eigenvalue weighted by atomic mass is 16.7. The standard InChI is InChI=1S/C23H24N2O5/c1-15(2)23(26)25(12-16-4-9-20-22(10-16)29-14-28-20)13-18-11-21(30-24-18)17-5-7-19(27-3)8-6-17/h4-11,15H,12-14H2,1-3H3. The molecular formula is C23H24N2O5. The van der Waals surface area contributed by atoms with Gasteiger partial charge in [-0.3, -0.25) is 4.79 Å². The molecule has 0 N–H and O–H groups in total. The van der Waals surface area contributed by atoms with E-state index in [0.29, 0.717) is 30.3 Å². The highest BCUT2D eigenvalue weighted by molar-refractivity contribution is 5.78. The van der Waals surface area contributed by atoms with Crippen LogP contribution in [-0.4, -0.2) is 29.9 Å². The number of methoxy groups -OCH3 is 1. The Bertz CT molecular complexity index is 1030. The fourth-order valence-corrected chi connectivity index (χ4v) is 3.31. The number of ether oxygens (including phenoxy) is 3. The van der Waals surface area contributed by atoms with Gasteiger partial charge in [-0.05, 0) is 42.0 Å². The van der Waals surface area contributed by atoms with E-state index in [2.05, 4.69) is 5.16 Å². The average molecular weight is 408 g/mol. The summed E-state index contributed by atoms with van der Waals surface area (Å²) in [6, 6.07) is 15.1. The van der Waals surface area contributed by atoms with Crippen molar-refractivity contribution in [1.29, 1.82) is 0 Å². The lowest BCUT2D eigenvalue weighted by atomic mass is 10.1. The lowest BCUT2D eigenvalue weighted by molar-refractivity contribution is -0.135. The topological polar surface area (TPSA) is 74.0 Å². The van der Waals surface area contributed by atoms with E-state index >= 15 is 0 Å². The van der Waals surface area contributed by atoms with E-state index < -0.39 is 0 Å². The van der Waals surface area contributed by atoms with Gasteiger partial charge < -0.3 is 23.6 Å². The summed E-state index contributed by atoms with van der Waals surface area (Å²) in [5.74, 6) is 2.76. The van der Waals surface area contributed by atoms with Crippen LogP contribution in [0.15, 0.2) is 53.1 Å². The second-order valence-corrected chi connectivity index (χ2v) is 7.45. The normalized spacial score (nSPS) is 12.3. The van der Waals surface area contributed by atoms with Crippen molar-refractivity contribution in [3.8, 4) is 28.6 Å². The molecule has 0 unspecified atom stereocenters. The summed E-state index contributed by atoms with van der Waals surface area (Å²) in [5, 5.41) is 4.17. The Hall–Kier alpha value is -3.48. The van der Waals surface area contributed by atoms with Gasteiger partial charge in [0.2, 0.25) is 12.7 Å². The van der Waals surface area contributed by atoms with E-state index in [1.165, 1.54) is 0 Å². The summed E-state index contributed by atoms with van der Waals surface area (Å²) in [4.78, 5) is 14.6. The third-order valence-electron chi connectivity index (χ3n) is 4.90. The summed E-state index contributed by atoms with van der Waals surface area (Å²) >= 11 is 0. The number of benzene rings is 2. The third-order valence-corrected chi connectivity index (χ3v) is 4.90. The number of hydrogen-bond donors (Lipinski definition) is 0. The minimum absolute atomic E-state index is 0.0432. The van der Waals surface area contributed by atoms with Crippen LogP contribution in [0.4, 0.5) is 0 Å². The largest absolute Gasteiger partial charge is 0.497 e. The van der Waals surface area contributed by atoms with Gasteiger partial charge in [0.1, 0.15) is 11.4 Å². The Morgan fingerprint density at radius 1 is 1.07 bits per heavy atom. The quantitative estimate of drug-likeness (QED) is 0.581. The molecule has 2 heterocycles. The minimum Gasteiger partial charge on any atom is -0.497 e. The van der Waals surface area contributed by atoms with Gasteiger partial charge in [-0.2, -0.15) is 0 Å². The molecule has 0 radical (unpaired) electrons. The molecule has 1 aliphatic heterocycles. The van der Waals surface area contributed by atoms with Crippen molar-refractivity contribution in [3.05, 3.63) is 59.8 Å². The Balaban J connectivity index is 1.52. The molecule has 0 saturated heterocycles. The molecule has 30 heavy (non-hydrogen) atoms. The zero-order chi connectivity index (χ0) is 21.1. The van der Waals surface area contributed by atoms with Gasteiger partial charge in [0.15, 0.2) is 17.3 Å². The van der Waals surface area contributed by atoms with Crippen LogP contribution in [0, 0.1) is 5.92 Å². The highest BCUT2D eigenvalue weighted by Crippen LogP contribution is 2.33. The number of aromatic nitrogens is 1. The van der Waals surface area contributed by atoms with Gasteiger partial charge in [-0.25, -0.2) is 0 Å². The molecular weight excluding hydrogens is 384 g/mol. The van der Waals surface area contributed by atoms with Crippen molar-refractivity contribution < 1.29 is 23.5 Å². The van der Waals surface area contributed by atoms with Crippen molar-refractivity contribution in [1.82, 2.24) is 10.1 Å². The third kappa shape index (κ3) is 4.25. The maximum atomic E-state index is 12.8. The minimum atomic E-state index is -0.132. The fourth-order valence-electron chi connectivity index (χ4n) is 3.31. The van der Waals surface area contributed by atoms with Gasteiger partial charge >= 0.3 is 0 Å². The molecule has 0 bridgehead atoms. The van der Waals surface area contributed by atoms with Crippen LogP contribution < -0.4 is 14.2 Å². The molecule has 1 aromatic heterocycles. The lowest BCUT2D eigenvalue weighted by Gasteiger charge is -2.23. The predicted molar refractivity (Wildman–Crippen MR) is 110 cm³/mol. The monoisotopic (exact) mass is 408 g/mol. The molecule has 7 nitrogen and oxygen atoms in total. The first kappa shape index (κ1) is 19.8. The van der Waals surface area contributed by atoms with Crippen LogP contribution in [-0.2, 0) is 17.9 Å².